The summed E-state index contributed by atoms with van der Waals surface area (Å²) in [6.45, 7) is 3.76. The van der Waals surface area contributed by atoms with Gasteiger partial charge < -0.3 is 15.4 Å². The van der Waals surface area contributed by atoms with E-state index in [-0.39, 0.29) is 0 Å². The van der Waals surface area contributed by atoms with Crippen molar-refractivity contribution in [3.05, 3.63) is 78.1 Å². The highest BCUT2D eigenvalue weighted by Gasteiger charge is 2.23. The molecule has 0 amide bonds. The first-order valence-electron chi connectivity index (χ1n) is 11.2. The molecule has 2 N–H and O–H groups in total. The molecule has 2 heterocycles. The fourth-order valence-corrected chi connectivity index (χ4v) is 4.12. The van der Waals surface area contributed by atoms with Crippen LogP contribution in [0.5, 0.6) is 5.75 Å². The summed E-state index contributed by atoms with van der Waals surface area (Å²) in [6, 6.07) is 19.0. The third kappa shape index (κ3) is 5.48. The Balaban J connectivity index is 1.35. The summed E-state index contributed by atoms with van der Waals surface area (Å²) in [5.74, 6) is 1.69. The second-order valence-electron chi connectivity index (χ2n) is 7.96. The van der Waals surface area contributed by atoms with E-state index < -0.39 is 0 Å². The van der Waals surface area contributed by atoms with Gasteiger partial charge in [0.1, 0.15) is 5.75 Å². The van der Waals surface area contributed by atoms with Crippen LogP contribution in [0.4, 0.5) is 0 Å². The first kappa shape index (κ1) is 21.9. The lowest BCUT2D eigenvalue weighted by atomic mass is 10.1. The van der Waals surface area contributed by atoms with Crippen LogP contribution < -0.4 is 15.4 Å². The first-order valence-corrected chi connectivity index (χ1v) is 11.2. The molecule has 1 fully saturated rings. The Kier molecular flexibility index (Phi) is 7.40. The van der Waals surface area contributed by atoms with Gasteiger partial charge in [-0.05, 0) is 67.4 Å². The number of benzene rings is 2. The Labute approximate surface area is 190 Å². The maximum Gasteiger partial charge on any atom is 0.191 e. The van der Waals surface area contributed by atoms with E-state index >= 15 is 0 Å². The molecule has 1 atom stereocenters. The number of hydrogen-bond acceptors (Lipinski definition) is 4. The Morgan fingerprint density at radius 3 is 2.44 bits per heavy atom. The summed E-state index contributed by atoms with van der Waals surface area (Å²) in [7, 11) is 3.52. The summed E-state index contributed by atoms with van der Waals surface area (Å²) in [4.78, 5) is 6.97. The molecule has 32 heavy (non-hydrogen) atoms. The van der Waals surface area contributed by atoms with Crippen LogP contribution >= 0.6 is 0 Å². The van der Waals surface area contributed by atoms with Gasteiger partial charge in [0.25, 0.3) is 0 Å². The minimum Gasteiger partial charge on any atom is -0.497 e. The van der Waals surface area contributed by atoms with Gasteiger partial charge >= 0.3 is 0 Å². The topological polar surface area (TPSA) is 66.7 Å². The molecule has 0 spiro atoms. The molecule has 1 saturated heterocycles. The van der Waals surface area contributed by atoms with Gasteiger partial charge in [-0.1, -0.05) is 24.3 Å². The maximum absolute atomic E-state index is 5.33. The Morgan fingerprint density at radius 2 is 1.81 bits per heavy atom. The van der Waals surface area contributed by atoms with Crippen LogP contribution in [-0.4, -0.2) is 54.4 Å². The van der Waals surface area contributed by atoms with E-state index in [9.17, 15) is 0 Å². The van der Waals surface area contributed by atoms with Crippen LogP contribution in [0.1, 0.15) is 30.0 Å². The lowest BCUT2D eigenvalue weighted by Gasteiger charge is -2.29. The number of aliphatic imine (C=N–C) groups is 1. The lowest BCUT2D eigenvalue weighted by Crippen LogP contribution is -2.42. The predicted octanol–water partition coefficient (Wildman–Crippen LogP) is 3.38. The van der Waals surface area contributed by atoms with Crippen molar-refractivity contribution < 1.29 is 4.74 Å². The third-order valence-electron chi connectivity index (χ3n) is 5.93. The number of guanidine groups is 1. The molecule has 1 unspecified atom stereocenters. The van der Waals surface area contributed by atoms with Crippen molar-refractivity contribution in [2.75, 3.05) is 33.8 Å². The molecular weight excluding hydrogens is 400 g/mol. The molecule has 7 nitrogen and oxygen atoms in total. The Bertz CT molecular complexity index is 976. The zero-order valence-electron chi connectivity index (χ0n) is 18.9. The van der Waals surface area contributed by atoms with Crippen molar-refractivity contribution in [1.29, 1.82) is 0 Å². The molecule has 1 aromatic heterocycles. The van der Waals surface area contributed by atoms with Crippen LogP contribution in [0, 0.1) is 0 Å². The highest BCUT2D eigenvalue weighted by atomic mass is 16.5. The van der Waals surface area contributed by atoms with E-state index in [1.807, 2.05) is 36.1 Å². The van der Waals surface area contributed by atoms with Gasteiger partial charge in [-0.25, -0.2) is 4.68 Å². The summed E-state index contributed by atoms with van der Waals surface area (Å²) in [5.41, 5.74) is 3.54. The van der Waals surface area contributed by atoms with Crippen molar-refractivity contribution in [3.8, 4) is 11.4 Å². The molecule has 2 aromatic carbocycles. The molecule has 0 radical (unpaired) electrons. The van der Waals surface area contributed by atoms with Crippen LogP contribution in [0.15, 0.2) is 72.0 Å². The average molecular weight is 433 g/mol. The van der Waals surface area contributed by atoms with E-state index in [4.69, 9.17) is 4.74 Å². The summed E-state index contributed by atoms with van der Waals surface area (Å²) < 4.78 is 7.19. The van der Waals surface area contributed by atoms with E-state index in [1.165, 1.54) is 24.0 Å². The molecular formula is C25H32N6O. The predicted molar refractivity (Wildman–Crippen MR) is 128 cm³/mol. The smallest absolute Gasteiger partial charge is 0.191 e. The fourth-order valence-electron chi connectivity index (χ4n) is 4.12. The lowest BCUT2D eigenvalue weighted by molar-refractivity contribution is 0.245. The standard InChI is InChI=1S/C25H32N6O/c1-26-25(27-18-20-6-10-22(11-7-20)31-17-5-14-29-31)28-19-24(30-15-3-4-16-30)21-8-12-23(32-2)13-9-21/h5-14,17,24H,3-4,15-16,18-19H2,1-2H3,(H2,26,27,28). The van der Waals surface area contributed by atoms with Crippen molar-refractivity contribution >= 4 is 5.96 Å². The fraction of sp³-hybridized carbons (Fsp3) is 0.360. The number of nitrogens with zero attached hydrogens (tertiary/aromatic N) is 4. The van der Waals surface area contributed by atoms with Crippen molar-refractivity contribution in [1.82, 2.24) is 25.3 Å². The first-order chi connectivity index (χ1) is 15.8. The van der Waals surface area contributed by atoms with Crippen LogP contribution in [-0.2, 0) is 6.54 Å². The molecule has 7 heteroatoms. The molecule has 0 bridgehead atoms. The number of hydrogen-bond donors (Lipinski definition) is 2. The zero-order chi connectivity index (χ0) is 22.2. The van der Waals surface area contributed by atoms with Gasteiger partial charge in [0.05, 0.1) is 18.8 Å². The second-order valence-corrected chi connectivity index (χ2v) is 7.96. The molecule has 1 aliphatic rings. The van der Waals surface area contributed by atoms with E-state index in [0.717, 1.165) is 37.0 Å². The largest absolute Gasteiger partial charge is 0.497 e. The van der Waals surface area contributed by atoms with Crippen LogP contribution in [0.3, 0.4) is 0 Å². The molecule has 168 valence electrons. The zero-order valence-corrected chi connectivity index (χ0v) is 18.9. The van der Waals surface area contributed by atoms with Crippen molar-refractivity contribution in [2.45, 2.75) is 25.4 Å². The number of likely N-dealkylation sites (tertiary alicyclic amines) is 1. The van der Waals surface area contributed by atoms with Crippen LogP contribution in [0.25, 0.3) is 5.69 Å². The van der Waals surface area contributed by atoms with Gasteiger partial charge in [-0.2, -0.15) is 5.10 Å². The van der Waals surface area contributed by atoms with Gasteiger partial charge in [0.2, 0.25) is 0 Å². The number of aromatic nitrogens is 2. The van der Waals surface area contributed by atoms with E-state index in [2.05, 4.69) is 62.0 Å². The number of rotatable bonds is 8. The molecule has 0 saturated carbocycles. The quantitative estimate of drug-likeness (QED) is 0.422. The minimum atomic E-state index is 0.301. The summed E-state index contributed by atoms with van der Waals surface area (Å²) in [6.07, 6.45) is 6.24. The Morgan fingerprint density at radius 1 is 1.06 bits per heavy atom. The Hall–Kier alpha value is -3.32. The number of methoxy groups -OCH3 is 1. The monoisotopic (exact) mass is 432 g/mol. The van der Waals surface area contributed by atoms with Crippen molar-refractivity contribution in [3.63, 3.8) is 0 Å². The highest BCUT2D eigenvalue weighted by molar-refractivity contribution is 5.79. The number of nitrogens with one attached hydrogen (secondary N) is 2. The molecule has 1 aliphatic heterocycles. The van der Waals surface area contributed by atoms with Gasteiger partial charge in [0.15, 0.2) is 5.96 Å². The van der Waals surface area contributed by atoms with Gasteiger partial charge in [-0.3, -0.25) is 9.89 Å². The minimum absolute atomic E-state index is 0.301. The van der Waals surface area contributed by atoms with Crippen LogP contribution in [0.2, 0.25) is 0 Å². The van der Waals surface area contributed by atoms with E-state index in [1.54, 1.807) is 13.3 Å². The number of ether oxygens (including phenoxy) is 1. The molecule has 4 rings (SSSR count). The van der Waals surface area contributed by atoms with Gasteiger partial charge in [0, 0.05) is 32.5 Å². The summed E-state index contributed by atoms with van der Waals surface area (Å²) >= 11 is 0. The average Bonchev–Trinajstić information content (AvgIpc) is 3.57. The maximum atomic E-state index is 5.33. The molecule has 0 aliphatic carbocycles. The SMILES string of the molecule is CN=C(NCc1ccc(-n2cccn2)cc1)NCC(c1ccc(OC)cc1)N1CCCC1. The normalized spacial score (nSPS) is 15.5. The summed E-state index contributed by atoms with van der Waals surface area (Å²) in [5, 5.41) is 11.2. The van der Waals surface area contributed by atoms with Gasteiger partial charge in [-0.15, -0.1) is 0 Å². The third-order valence-corrected chi connectivity index (χ3v) is 5.93. The highest BCUT2D eigenvalue weighted by Crippen LogP contribution is 2.26. The molecule has 3 aromatic rings. The van der Waals surface area contributed by atoms with Crippen molar-refractivity contribution in [2.24, 2.45) is 4.99 Å². The van der Waals surface area contributed by atoms with E-state index in [0.29, 0.717) is 12.6 Å². The second kappa shape index (κ2) is 10.8.